The zero-order valence-electron chi connectivity index (χ0n) is 9.77. The summed E-state index contributed by atoms with van der Waals surface area (Å²) in [5.41, 5.74) is 4.26. The predicted molar refractivity (Wildman–Crippen MR) is 68.2 cm³/mol. The van der Waals surface area contributed by atoms with E-state index in [1.165, 1.54) is 16.9 Å². The fourth-order valence-electron chi connectivity index (χ4n) is 1.50. The fraction of sp³-hybridized carbons (Fsp3) is 0.231. The van der Waals surface area contributed by atoms with Crippen LogP contribution in [0.25, 0.3) is 10.4 Å². The number of thiazole rings is 1. The maximum absolute atomic E-state index is 11.7. The first kappa shape index (κ1) is 11.8. The number of nitrogens with zero attached hydrogens (tertiary/aromatic N) is 1. The lowest BCUT2D eigenvalue weighted by molar-refractivity contribution is 0.0521. The van der Waals surface area contributed by atoms with E-state index in [2.05, 4.69) is 4.98 Å². The van der Waals surface area contributed by atoms with Crippen LogP contribution in [-0.4, -0.2) is 17.6 Å². The molecule has 1 aromatic carbocycles. The molecule has 0 radical (unpaired) electrons. The van der Waals surface area contributed by atoms with Crippen molar-refractivity contribution in [1.82, 2.24) is 4.98 Å². The summed E-state index contributed by atoms with van der Waals surface area (Å²) in [6.07, 6.45) is 0. The van der Waals surface area contributed by atoms with Crippen molar-refractivity contribution in [2.45, 2.75) is 13.8 Å². The molecule has 1 heterocycles. The molecule has 0 N–H and O–H groups in total. The zero-order chi connectivity index (χ0) is 12.3. The van der Waals surface area contributed by atoms with Crippen LogP contribution in [0.15, 0.2) is 29.8 Å². The fourth-order valence-corrected chi connectivity index (χ4v) is 2.28. The summed E-state index contributed by atoms with van der Waals surface area (Å²) < 4.78 is 4.98. The van der Waals surface area contributed by atoms with Gasteiger partial charge in [-0.15, -0.1) is 11.3 Å². The summed E-state index contributed by atoms with van der Waals surface area (Å²) in [5.74, 6) is -0.357. The highest BCUT2D eigenvalue weighted by molar-refractivity contribution is 7.13. The molecule has 2 rings (SSSR count). The number of aromatic nitrogens is 1. The second-order valence-corrected chi connectivity index (χ2v) is 4.47. The van der Waals surface area contributed by atoms with E-state index in [0.29, 0.717) is 12.3 Å². The third-order valence-electron chi connectivity index (χ3n) is 2.35. The molecular formula is C13H13NO2S. The molecule has 0 aliphatic carbocycles. The average molecular weight is 247 g/mol. The minimum atomic E-state index is -0.357. The molecule has 3 nitrogen and oxygen atoms in total. The van der Waals surface area contributed by atoms with Gasteiger partial charge in [0.2, 0.25) is 0 Å². The Morgan fingerprint density at radius 1 is 1.35 bits per heavy atom. The maximum Gasteiger partial charge on any atom is 0.358 e. The van der Waals surface area contributed by atoms with Gasteiger partial charge in [0, 0.05) is 0 Å². The second kappa shape index (κ2) is 5.10. The van der Waals surface area contributed by atoms with Crippen LogP contribution in [0.3, 0.4) is 0 Å². The zero-order valence-corrected chi connectivity index (χ0v) is 10.6. The number of carbonyl (C=O) groups is 1. The summed E-state index contributed by atoms with van der Waals surface area (Å²) in [7, 11) is 0. The Morgan fingerprint density at radius 3 is 2.71 bits per heavy atom. The molecular weight excluding hydrogens is 234 g/mol. The van der Waals surface area contributed by atoms with E-state index in [0.717, 1.165) is 10.4 Å². The normalized spacial score (nSPS) is 10.2. The minimum Gasteiger partial charge on any atom is -0.461 e. The lowest BCUT2D eigenvalue weighted by Crippen LogP contribution is -2.06. The molecule has 0 amide bonds. The average Bonchev–Trinajstić information content (AvgIpc) is 2.79. The van der Waals surface area contributed by atoms with Crippen molar-refractivity contribution >= 4 is 17.3 Å². The SMILES string of the molecule is CCOC(=O)c1ncsc1-c1ccc(C)cc1. The van der Waals surface area contributed by atoms with E-state index in [4.69, 9.17) is 4.74 Å². The van der Waals surface area contributed by atoms with Crippen LogP contribution in [0, 0.1) is 6.92 Å². The molecule has 0 atom stereocenters. The Kier molecular flexibility index (Phi) is 3.54. The summed E-state index contributed by atoms with van der Waals surface area (Å²) in [5, 5.41) is 0. The van der Waals surface area contributed by atoms with Crippen LogP contribution < -0.4 is 0 Å². The van der Waals surface area contributed by atoms with Gasteiger partial charge in [0.25, 0.3) is 0 Å². The Labute approximate surface area is 104 Å². The van der Waals surface area contributed by atoms with Crippen molar-refractivity contribution < 1.29 is 9.53 Å². The third kappa shape index (κ3) is 2.53. The summed E-state index contributed by atoms with van der Waals surface area (Å²) >= 11 is 1.45. The van der Waals surface area contributed by atoms with Gasteiger partial charge in [0.05, 0.1) is 17.0 Å². The Balaban J connectivity index is 2.36. The molecule has 0 aliphatic heterocycles. The van der Waals surface area contributed by atoms with Gasteiger partial charge < -0.3 is 4.74 Å². The smallest absolute Gasteiger partial charge is 0.358 e. The minimum absolute atomic E-state index is 0.357. The lowest BCUT2D eigenvalue weighted by atomic mass is 10.1. The van der Waals surface area contributed by atoms with Gasteiger partial charge in [0.1, 0.15) is 0 Å². The number of ether oxygens (including phenoxy) is 1. The summed E-state index contributed by atoms with van der Waals surface area (Å²) in [4.78, 5) is 16.6. The second-order valence-electron chi connectivity index (χ2n) is 3.62. The highest BCUT2D eigenvalue weighted by Crippen LogP contribution is 2.28. The first-order valence-electron chi connectivity index (χ1n) is 5.40. The van der Waals surface area contributed by atoms with E-state index < -0.39 is 0 Å². The number of aryl methyl sites for hydroxylation is 1. The maximum atomic E-state index is 11.7. The van der Waals surface area contributed by atoms with Crippen LogP contribution in [0.1, 0.15) is 23.0 Å². The van der Waals surface area contributed by atoms with Crippen molar-refractivity contribution in [3.8, 4) is 10.4 Å². The Morgan fingerprint density at radius 2 is 2.06 bits per heavy atom. The topological polar surface area (TPSA) is 39.2 Å². The number of carbonyl (C=O) groups excluding carboxylic acids is 1. The Hall–Kier alpha value is -1.68. The van der Waals surface area contributed by atoms with Crippen LogP contribution in [-0.2, 0) is 4.74 Å². The van der Waals surface area contributed by atoms with Crippen molar-refractivity contribution in [3.63, 3.8) is 0 Å². The Bertz CT molecular complexity index is 516. The number of benzene rings is 1. The van der Waals surface area contributed by atoms with Crippen molar-refractivity contribution in [1.29, 1.82) is 0 Å². The van der Waals surface area contributed by atoms with Crippen LogP contribution in [0.2, 0.25) is 0 Å². The summed E-state index contributed by atoms with van der Waals surface area (Å²) in [6, 6.07) is 8.02. The molecule has 0 unspecified atom stereocenters. The molecule has 2 aromatic rings. The highest BCUT2D eigenvalue weighted by Gasteiger charge is 2.16. The van der Waals surface area contributed by atoms with Crippen LogP contribution >= 0.6 is 11.3 Å². The van der Waals surface area contributed by atoms with Gasteiger partial charge in [-0.25, -0.2) is 9.78 Å². The molecule has 0 saturated carbocycles. The predicted octanol–water partition coefficient (Wildman–Crippen LogP) is 3.30. The lowest BCUT2D eigenvalue weighted by Gasteiger charge is -2.02. The largest absolute Gasteiger partial charge is 0.461 e. The molecule has 4 heteroatoms. The quantitative estimate of drug-likeness (QED) is 0.781. The number of hydrogen-bond donors (Lipinski definition) is 0. The third-order valence-corrected chi connectivity index (χ3v) is 3.23. The van der Waals surface area contributed by atoms with Crippen molar-refractivity contribution in [2.24, 2.45) is 0 Å². The molecule has 0 saturated heterocycles. The molecule has 0 aliphatic rings. The van der Waals surface area contributed by atoms with Crippen LogP contribution in [0.5, 0.6) is 0 Å². The number of hydrogen-bond acceptors (Lipinski definition) is 4. The van der Waals surface area contributed by atoms with Gasteiger partial charge in [0.15, 0.2) is 5.69 Å². The molecule has 0 fully saturated rings. The van der Waals surface area contributed by atoms with Crippen LogP contribution in [0.4, 0.5) is 0 Å². The highest BCUT2D eigenvalue weighted by atomic mass is 32.1. The number of esters is 1. The summed E-state index contributed by atoms with van der Waals surface area (Å²) in [6.45, 7) is 4.18. The monoisotopic (exact) mass is 247 g/mol. The molecule has 17 heavy (non-hydrogen) atoms. The number of rotatable bonds is 3. The van der Waals surface area contributed by atoms with Gasteiger partial charge in [-0.3, -0.25) is 0 Å². The first-order chi connectivity index (χ1) is 8.22. The van der Waals surface area contributed by atoms with E-state index in [1.54, 1.807) is 12.4 Å². The van der Waals surface area contributed by atoms with E-state index in [9.17, 15) is 4.79 Å². The van der Waals surface area contributed by atoms with E-state index in [-0.39, 0.29) is 5.97 Å². The van der Waals surface area contributed by atoms with E-state index in [1.807, 2.05) is 31.2 Å². The molecule has 1 aromatic heterocycles. The van der Waals surface area contributed by atoms with Gasteiger partial charge in [-0.1, -0.05) is 29.8 Å². The standard InChI is InChI=1S/C13H13NO2S/c1-3-16-13(15)11-12(17-8-14-11)10-6-4-9(2)5-7-10/h4-8H,3H2,1-2H3. The molecule has 0 bridgehead atoms. The van der Waals surface area contributed by atoms with Gasteiger partial charge in [-0.2, -0.15) is 0 Å². The van der Waals surface area contributed by atoms with Gasteiger partial charge >= 0.3 is 5.97 Å². The molecule has 0 spiro atoms. The van der Waals surface area contributed by atoms with E-state index >= 15 is 0 Å². The van der Waals surface area contributed by atoms with Gasteiger partial charge in [-0.05, 0) is 19.4 Å². The van der Waals surface area contributed by atoms with Crippen molar-refractivity contribution in [2.75, 3.05) is 6.61 Å². The molecule has 88 valence electrons. The first-order valence-corrected chi connectivity index (χ1v) is 6.28. The van der Waals surface area contributed by atoms with Crippen molar-refractivity contribution in [3.05, 3.63) is 41.0 Å².